The minimum atomic E-state index is -0.409. The van der Waals surface area contributed by atoms with Crippen molar-refractivity contribution in [3.63, 3.8) is 0 Å². The molecule has 124 valence electrons. The summed E-state index contributed by atoms with van der Waals surface area (Å²) in [5, 5.41) is 10.8. The summed E-state index contributed by atoms with van der Waals surface area (Å²) in [4.78, 5) is 19.1. The van der Waals surface area contributed by atoms with E-state index in [1.54, 1.807) is 6.08 Å². The van der Waals surface area contributed by atoms with Gasteiger partial charge in [-0.2, -0.15) is 0 Å². The molecule has 23 heavy (non-hydrogen) atoms. The standard InChI is InChI=1S/C18H25N3O2/c22-18(21(23)14-15-7-3-1-4-8-15)17-10-9-16(13-19-17)20-11-5-2-6-12-20/h1,3,7,9-10,16,23H,2,4-6,8,11-14H2. The summed E-state index contributed by atoms with van der Waals surface area (Å²) in [6, 6.07) is 0.296. The van der Waals surface area contributed by atoms with Crippen LogP contribution in [0.15, 0.2) is 40.9 Å². The van der Waals surface area contributed by atoms with Crippen LogP contribution in [0.25, 0.3) is 0 Å². The molecule has 1 fully saturated rings. The van der Waals surface area contributed by atoms with Gasteiger partial charge in [0.05, 0.1) is 13.1 Å². The van der Waals surface area contributed by atoms with Crippen LogP contribution in [-0.4, -0.2) is 59.0 Å². The third kappa shape index (κ3) is 4.18. The van der Waals surface area contributed by atoms with E-state index in [-0.39, 0.29) is 6.54 Å². The zero-order valence-corrected chi connectivity index (χ0v) is 13.5. The van der Waals surface area contributed by atoms with Gasteiger partial charge >= 0.3 is 0 Å². The first kappa shape index (κ1) is 16.1. The number of hydrogen-bond acceptors (Lipinski definition) is 4. The molecule has 5 heteroatoms. The predicted molar refractivity (Wildman–Crippen MR) is 90.6 cm³/mol. The summed E-state index contributed by atoms with van der Waals surface area (Å²) in [5.74, 6) is -0.409. The Morgan fingerprint density at radius 2 is 2.17 bits per heavy atom. The highest BCUT2D eigenvalue weighted by Crippen LogP contribution is 2.16. The van der Waals surface area contributed by atoms with Gasteiger partial charge in [0.15, 0.2) is 0 Å². The van der Waals surface area contributed by atoms with Crippen molar-refractivity contribution in [3.8, 4) is 0 Å². The SMILES string of the molecule is O=C(C1=NCC(N2CCCCC2)C=C1)N(O)CC1=CC=CCC1. The Balaban J connectivity index is 1.54. The van der Waals surface area contributed by atoms with E-state index in [1.807, 2.05) is 12.2 Å². The monoisotopic (exact) mass is 315 g/mol. The molecule has 0 aromatic rings. The molecule has 0 radical (unpaired) electrons. The Morgan fingerprint density at radius 3 is 2.83 bits per heavy atom. The van der Waals surface area contributed by atoms with Gasteiger partial charge in [0.1, 0.15) is 5.71 Å². The first-order chi connectivity index (χ1) is 11.2. The number of carbonyl (C=O) groups is 1. The van der Waals surface area contributed by atoms with E-state index in [2.05, 4.69) is 22.0 Å². The lowest BCUT2D eigenvalue weighted by Crippen LogP contribution is -2.42. The highest BCUT2D eigenvalue weighted by atomic mass is 16.5. The summed E-state index contributed by atoms with van der Waals surface area (Å²) in [5.41, 5.74) is 1.42. The molecule has 1 atom stereocenters. The van der Waals surface area contributed by atoms with Crippen LogP contribution in [0.5, 0.6) is 0 Å². The van der Waals surface area contributed by atoms with E-state index in [0.717, 1.165) is 36.6 Å². The molecule has 0 aromatic carbocycles. The van der Waals surface area contributed by atoms with Crippen LogP contribution in [-0.2, 0) is 4.79 Å². The molecule has 3 rings (SSSR count). The van der Waals surface area contributed by atoms with Gasteiger partial charge in [-0.1, -0.05) is 30.7 Å². The van der Waals surface area contributed by atoms with Crippen molar-refractivity contribution in [3.05, 3.63) is 36.0 Å². The molecule has 0 bridgehead atoms. The van der Waals surface area contributed by atoms with Gasteiger partial charge in [-0.05, 0) is 50.4 Å². The number of likely N-dealkylation sites (tertiary alicyclic amines) is 1. The van der Waals surface area contributed by atoms with Gasteiger partial charge in [-0.15, -0.1) is 0 Å². The zero-order chi connectivity index (χ0) is 16.1. The number of dihydropyridines is 1. The van der Waals surface area contributed by atoms with Crippen molar-refractivity contribution in [2.45, 2.75) is 38.1 Å². The van der Waals surface area contributed by atoms with Crippen LogP contribution in [0, 0.1) is 0 Å². The quantitative estimate of drug-likeness (QED) is 0.640. The number of allylic oxidation sites excluding steroid dienone is 3. The molecular weight excluding hydrogens is 290 g/mol. The van der Waals surface area contributed by atoms with Gasteiger partial charge in [0, 0.05) is 6.04 Å². The number of hydroxylamine groups is 2. The second kappa shape index (κ2) is 7.70. The first-order valence-electron chi connectivity index (χ1n) is 8.56. The zero-order valence-electron chi connectivity index (χ0n) is 13.5. The van der Waals surface area contributed by atoms with E-state index < -0.39 is 5.91 Å². The molecule has 1 unspecified atom stereocenters. The molecule has 1 N–H and O–H groups in total. The van der Waals surface area contributed by atoms with Crippen molar-refractivity contribution in [2.75, 3.05) is 26.2 Å². The number of hydrogen-bond donors (Lipinski definition) is 1. The molecule has 0 saturated carbocycles. The average molecular weight is 315 g/mol. The fraction of sp³-hybridized carbons (Fsp3) is 0.556. The molecular formula is C18H25N3O2. The molecule has 2 heterocycles. The maximum absolute atomic E-state index is 12.3. The topological polar surface area (TPSA) is 56.1 Å². The minimum absolute atomic E-state index is 0.256. The summed E-state index contributed by atoms with van der Waals surface area (Å²) in [7, 11) is 0. The smallest absolute Gasteiger partial charge is 0.295 e. The minimum Gasteiger partial charge on any atom is -0.295 e. The lowest BCUT2D eigenvalue weighted by Gasteiger charge is -2.33. The molecule has 2 aliphatic heterocycles. The number of nitrogens with zero attached hydrogens (tertiary/aromatic N) is 3. The summed E-state index contributed by atoms with van der Waals surface area (Å²) in [6.07, 6.45) is 15.5. The van der Waals surface area contributed by atoms with E-state index in [0.29, 0.717) is 18.3 Å². The predicted octanol–water partition coefficient (Wildman–Crippen LogP) is 2.35. The third-order valence-corrected chi connectivity index (χ3v) is 4.69. The lowest BCUT2D eigenvalue weighted by atomic mass is 10.0. The molecule has 3 aliphatic rings. The van der Waals surface area contributed by atoms with Crippen LogP contribution in [0.1, 0.15) is 32.1 Å². The highest BCUT2D eigenvalue weighted by molar-refractivity contribution is 6.43. The van der Waals surface area contributed by atoms with Crippen molar-refractivity contribution in [1.29, 1.82) is 0 Å². The maximum atomic E-state index is 12.3. The van der Waals surface area contributed by atoms with Gasteiger partial charge in [0.2, 0.25) is 0 Å². The van der Waals surface area contributed by atoms with Crippen LogP contribution >= 0.6 is 0 Å². The molecule has 5 nitrogen and oxygen atoms in total. The van der Waals surface area contributed by atoms with Crippen LogP contribution in [0.4, 0.5) is 0 Å². The summed E-state index contributed by atoms with van der Waals surface area (Å²) >= 11 is 0. The molecule has 1 aliphatic carbocycles. The lowest BCUT2D eigenvalue weighted by molar-refractivity contribution is -0.155. The molecule has 1 amide bonds. The number of amides is 1. The number of aliphatic imine (C=N–C) groups is 1. The fourth-order valence-electron chi connectivity index (χ4n) is 3.31. The van der Waals surface area contributed by atoms with Crippen molar-refractivity contribution in [1.82, 2.24) is 9.96 Å². The Kier molecular flexibility index (Phi) is 5.41. The molecule has 0 aromatic heterocycles. The van der Waals surface area contributed by atoms with E-state index in [9.17, 15) is 10.0 Å². The van der Waals surface area contributed by atoms with E-state index in [1.165, 1.54) is 19.3 Å². The first-order valence-corrected chi connectivity index (χ1v) is 8.56. The summed E-state index contributed by atoms with van der Waals surface area (Å²) < 4.78 is 0. The summed E-state index contributed by atoms with van der Waals surface area (Å²) in [6.45, 7) is 3.09. The number of piperidine rings is 1. The van der Waals surface area contributed by atoms with Crippen LogP contribution in [0.3, 0.4) is 0 Å². The van der Waals surface area contributed by atoms with Gasteiger partial charge < -0.3 is 0 Å². The van der Waals surface area contributed by atoms with Crippen molar-refractivity contribution in [2.24, 2.45) is 4.99 Å². The second-order valence-electron chi connectivity index (χ2n) is 6.40. The number of rotatable bonds is 4. The van der Waals surface area contributed by atoms with E-state index >= 15 is 0 Å². The Hall–Kier alpha value is -1.72. The fourth-order valence-corrected chi connectivity index (χ4v) is 3.31. The molecule has 1 saturated heterocycles. The highest BCUT2D eigenvalue weighted by Gasteiger charge is 2.24. The van der Waals surface area contributed by atoms with Crippen molar-refractivity contribution >= 4 is 11.6 Å². The normalized spacial score (nSPS) is 25.0. The van der Waals surface area contributed by atoms with Gasteiger partial charge in [-0.25, -0.2) is 5.06 Å². The number of carbonyl (C=O) groups excluding carboxylic acids is 1. The molecule has 0 spiro atoms. The maximum Gasteiger partial charge on any atom is 0.295 e. The van der Waals surface area contributed by atoms with Gasteiger partial charge in [-0.3, -0.25) is 19.9 Å². The Bertz CT molecular complexity index is 557. The largest absolute Gasteiger partial charge is 0.295 e. The third-order valence-electron chi connectivity index (χ3n) is 4.69. The van der Waals surface area contributed by atoms with Gasteiger partial charge in [0.25, 0.3) is 5.91 Å². The van der Waals surface area contributed by atoms with E-state index in [4.69, 9.17) is 0 Å². The second-order valence-corrected chi connectivity index (χ2v) is 6.40. The average Bonchev–Trinajstić information content (AvgIpc) is 2.63. The van der Waals surface area contributed by atoms with Crippen molar-refractivity contribution < 1.29 is 10.0 Å². The Labute approximate surface area is 137 Å². The van der Waals surface area contributed by atoms with Crippen LogP contribution in [0.2, 0.25) is 0 Å². The van der Waals surface area contributed by atoms with Crippen LogP contribution < -0.4 is 0 Å². The Morgan fingerprint density at radius 1 is 1.35 bits per heavy atom.